The molecular weight excluding hydrogens is 321 g/mol. The number of halogens is 1. The largest absolute Gasteiger partial charge is 0.497 e. The van der Waals surface area contributed by atoms with Crippen LogP contribution in [-0.2, 0) is 11.2 Å². The van der Waals surface area contributed by atoms with Gasteiger partial charge in [-0.05, 0) is 55.2 Å². The van der Waals surface area contributed by atoms with E-state index in [1.165, 1.54) is 24.3 Å². The zero-order valence-corrected chi connectivity index (χ0v) is 14.5. The van der Waals surface area contributed by atoms with Gasteiger partial charge in [0.2, 0.25) is 5.91 Å². The number of aliphatic hydroxyl groups excluding tert-OH is 1. The predicted molar refractivity (Wildman–Crippen MR) is 94.9 cm³/mol. The highest BCUT2D eigenvalue weighted by Crippen LogP contribution is 2.17. The Morgan fingerprint density at radius 2 is 1.80 bits per heavy atom. The van der Waals surface area contributed by atoms with E-state index in [4.69, 9.17) is 4.74 Å². The van der Waals surface area contributed by atoms with Crippen molar-refractivity contribution in [2.75, 3.05) is 7.11 Å². The van der Waals surface area contributed by atoms with Gasteiger partial charge in [0.15, 0.2) is 0 Å². The minimum absolute atomic E-state index is 0.109. The lowest BCUT2D eigenvalue weighted by atomic mass is 10.0. The summed E-state index contributed by atoms with van der Waals surface area (Å²) < 4.78 is 18.0. The Morgan fingerprint density at radius 1 is 1.16 bits per heavy atom. The van der Waals surface area contributed by atoms with E-state index >= 15 is 0 Å². The van der Waals surface area contributed by atoms with E-state index in [0.717, 1.165) is 24.2 Å². The summed E-state index contributed by atoms with van der Waals surface area (Å²) in [4.78, 5) is 12.0. The van der Waals surface area contributed by atoms with Crippen LogP contribution >= 0.6 is 0 Å². The minimum atomic E-state index is -0.869. The van der Waals surface area contributed by atoms with Crippen molar-refractivity contribution in [1.82, 2.24) is 5.32 Å². The summed E-state index contributed by atoms with van der Waals surface area (Å²) in [6.07, 6.45) is 1.03. The first kappa shape index (κ1) is 18.9. The van der Waals surface area contributed by atoms with E-state index in [0.29, 0.717) is 12.0 Å². The van der Waals surface area contributed by atoms with Gasteiger partial charge in [-0.2, -0.15) is 0 Å². The number of amides is 1. The summed E-state index contributed by atoms with van der Waals surface area (Å²) in [5.74, 6) is 0.346. The van der Waals surface area contributed by atoms with Crippen LogP contribution in [0, 0.1) is 5.82 Å². The summed E-state index contributed by atoms with van der Waals surface area (Å²) in [5.41, 5.74) is 1.72. The number of aliphatic hydroxyl groups is 1. The quantitative estimate of drug-likeness (QED) is 0.771. The van der Waals surface area contributed by atoms with E-state index in [1.54, 1.807) is 14.0 Å². The fraction of sp³-hybridized carbons (Fsp3) is 0.350. The van der Waals surface area contributed by atoms with Gasteiger partial charge in [-0.1, -0.05) is 24.3 Å². The zero-order valence-electron chi connectivity index (χ0n) is 14.5. The Bertz CT molecular complexity index is 670. The van der Waals surface area contributed by atoms with Gasteiger partial charge in [0, 0.05) is 6.42 Å². The van der Waals surface area contributed by atoms with Crippen molar-refractivity contribution in [3.05, 3.63) is 65.5 Å². The molecule has 1 amide bonds. The molecule has 25 heavy (non-hydrogen) atoms. The lowest BCUT2D eigenvalue weighted by Crippen LogP contribution is -2.37. The summed E-state index contributed by atoms with van der Waals surface area (Å²) in [7, 11) is 1.63. The van der Waals surface area contributed by atoms with Crippen LogP contribution in [0.15, 0.2) is 48.5 Å². The Kier molecular flexibility index (Phi) is 6.95. The van der Waals surface area contributed by atoms with Crippen LogP contribution in [0.4, 0.5) is 4.39 Å². The lowest BCUT2D eigenvalue weighted by molar-refractivity contribution is -0.122. The highest BCUT2D eigenvalue weighted by Gasteiger charge is 2.18. The standard InChI is InChI=1S/C20H24FNO3/c1-14(20(24)16-8-10-17(21)11-9-16)22-19(23)5-3-4-15-6-12-18(25-2)13-7-15/h6-14,20,24H,3-5H2,1-2H3,(H,22,23). The molecule has 2 atom stereocenters. The molecule has 4 nitrogen and oxygen atoms in total. The van der Waals surface area contributed by atoms with Crippen molar-refractivity contribution < 1.29 is 19.0 Å². The molecule has 2 aromatic carbocycles. The Balaban J connectivity index is 1.75. The SMILES string of the molecule is COc1ccc(CCCC(=O)NC(C)C(O)c2ccc(F)cc2)cc1. The van der Waals surface area contributed by atoms with Gasteiger partial charge in [0.1, 0.15) is 11.6 Å². The first-order valence-corrected chi connectivity index (χ1v) is 8.35. The first-order chi connectivity index (χ1) is 12.0. The van der Waals surface area contributed by atoms with Crippen molar-refractivity contribution in [3.8, 4) is 5.75 Å². The molecule has 0 aliphatic rings. The van der Waals surface area contributed by atoms with Gasteiger partial charge in [-0.25, -0.2) is 4.39 Å². The molecule has 134 valence electrons. The number of carbonyl (C=O) groups is 1. The number of hydrogen-bond acceptors (Lipinski definition) is 3. The van der Waals surface area contributed by atoms with Gasteiger partial charge < -0.3 is 15.2 Å². The van der Waals surface area contributed by atoms with Crippen LogP contribution < -0.4 is 10.1 Å². The Hall–Kier alpha value is -2.40. The maximum Gasteiger partial charge on any atom is 0.220 e. The van der Waals surface area contributed by atoms with Crippen molar-refractivity contribution >= 4 is 5.91 Å². The van der Waals surface area contributed by atoms with Crippen molar-refractivity contribution in [2.24, 2.45) is 0 Å². The molecule has 0 heterocycles. The average molecular weight is 345 g/mol. The highest BCUT2D eigenvalue weighted by molar-refractivity contribution is 5.76. The van der Waals surface area contributed by atoms with Crippen LogP contribution in [0.2, 0.25) is 0 Å². The fourth-order valence-corrected chi connectivity index (χ4v) is 2.60. The Morgan fingerprint density at radius 3 is 2.40 bits per heavy atom. The summed E-state index contributed by atoms with van der Waals surface area (Å²) in [6, 6.07) is 12.9. The van der Waals surface area contributed by atoms with Gasteiger partial charge in [0.25, 0.3) is 0 Å². The first-order valence-electron chi connectivity index (χ1n) is 8.35. The normalized spacial score (nSPS) is 13.1. The molecule has 0 radical (unpaired) electrons. The molecule has 0 fully saturated rings. The predicted octanol–water partition coefficient (Wildman–Crippen LogP) is 3.40. The number of hydrogen-bond donors (Lipinski definition) is 2. The topological polar surface area (TPSA) is 58.6 Å². The molecule has 0 bridgehead atoms. The second-order valence-electron chi connectivity index (χ2n) is 6.05. The third kappa shape index (κ3) is 5.87. The molecule has 2 unspecified atom stereocenters. The number of ether oxygens (including phenoxy) is 1. The average Bonchev–Trinajstić information content (AvgIpc) is 2.62. The number of rotatable bonds is 8. The van der Waals surface area contributed by atoms with Crippen molar-refractivity contribution in [3.63, 3.8) is 0 Å². The fourth-order valence-electron chi connectivity index (χ4n) is 2.60. The van der Waals surface area contributed by atoms with Gasteiger partial charge >= 0.3 is 0 Å². The number of methoxy groups -OCH3 is 1. The van der Waals surface area contributed by atoms with Gasteiger partial charge in [-0.15, -0.1) is 0 Å². The molecule has 2 aromatic rings. The monoisotopic (exact) mass is 345 g/mol. The number of aryl methyl sites for hydroxylation is 1. The summed E-state index contributed by atoms with van der Waals surface area (Å²) in [6.45, 7) is 1.73. The van der Waals surface area contributed by atoms with Gasteiger partial charge in [-0.3, -0.25) is 4.79 Å². The molecule has 0 saturated heterocycles. The summed E-state index contributed by atoms with van der Waals surface area (Å²) >= 11 is 0. The highest BCUT2D eigenvalue weighted by atomic mass is 19.1. The molecule has 2 N–H and O–H groups in total. The smallest absolute Gasteiger partial charge is 0.220 e. The zero-order chi connectivity index (χ0) is 18.2. The molecule has 0 aromatic heterocycles. The van der Waals surface area contributed by atoms with Crippen LogP contribution in [0.1, 0.15) is 37.0 Å². The second kappa shape index (κ2) is 9.18. The molecule has 0 saturated carbocycles. The van der Waals surface area contributed by atoms with Crippen molar-refractivity contribution in [2.45, 2.75) is 38.3 Å². The molecule has 0 spiro atoms. The van der Waals surface area contributed by atoms with Crippen LogP contribution in [0.3, 0.4) is 0 Å². The molecular formula is C20H24FNO3. The number of benzene rings is 2. The second-order valence-corrected chi connectivity index (χ2v) is 6.05. The van der Waals surface area contributed by atoms with Crippen LogP contribution in [0.5, 0.6) is 5.75 Å². The molecule has 5 heteroatoms. The number of carbonyl (C=O) groups excluding carboxylic acids is 1. The van der Waals surface area contributed by atoms with Crippen molar-refractivity contribution in [1.29, 1.82) is 0 Å². The third-order valence-corrected chi connectivity index (χ3v) is 4.10. The summed E-state index contributed by atoms with van der Waals surface area (Å²) in [5, 5.41) is 13.0. The molecule has 2 rings (SSSR count). The Labute approximate surface area is 147 Å². The van der Waals surface area contributed by atoms with Gasteiger partial charge in [0.05, 0.1) is 19.3 Å². The van der Waals surface area contributed by atoms with Crippen LogP contribution in [0.25, 0.3) is 0 Å². The molecule has 0 aliphatic carbocycles. The number of nitrogens with one attached hydrogen (secondary N) is 1. The maximum atomic E-state index is 12.9. The lowest BCUT2D eigenvalue weighted by Gasteiger charge is -2.20. The third-order valence-electron chi connectivity index (χ3n) is 4.10. The van der Waals surface area contributed by atoms with E-state index in [9.17, 15) is 14.3 Å². The van der Waals surface area contributed by atoms with Crippen LogP contribution in [-0.4, -0.2) is 24.2 Å². The maximum absolute atomic E-state index is 12.9. The minimum Gasteiger partial charge on any atom is -0.497 e. The van der Waals surface area contributed by atoms with E-state index in [2.05, 4.69) is 5.32 Å². The van der Waals surface area contributed by atoms with E-state index in [-0.39, 0.29) is 11.7 Å². The molecule has 0 aliphatic heterocycles. The van der Waals surface area contributed by atoms with E-state index < -0.39 is 12.1 Å². The van der Waals surface area contributed by atoms with E-state index in [1.807, 2.05) is 24.3 Å².